The highest BCUT2D eigenvalue weighted by atomic mass is 16.1. The van der Waals surface area contributed by atoms with Gasteiger partial charge in [0.1, 0.15) is 11.6 Å². The van der Waals surface area contributed by atoms with Crippen molar-refractivity contribution >= 4 is 5.82 Å². The first-order valence-electron chi connectivity index (χ1n) is 6.61. The molecular formula is C13H22N4O. The molecule has 1 fully saturated rings. The number of rotatable bonds is 2. The number of piperidine rings is 1. The third kappa shape index (κ3) is 2.72. The highest BCUT2D eigenvalue weighted by Gasteiger charge is 2.24. The molecule has 5 heteroatoms. The van der Waals surface area contributed by atoms with E-state index in [-0.39, 0.29) is 17.5 Å². The summed E-state index contributed by atoms with van der Waals surface area (Å²) in [6, 6.07) is 2.19. The number of nitrogens with one attached hydrogen (secondary N) is 1. The summed E-state index contributed by atoms with van der Waals surface area (Å²) in [5, 5.41) is 0. The minimum Gasteiger partial charge on any atom is -0.354 e. The smallest absolute Gasteiger partial charge is 0.252 e. The van der Waals surface area contributed by atoms with Gasteiger partial charge in [-0.2, -0.15) is 0 Å². The van der Waals surface area contributed by atoms with Crippen LogP contribution in [-0.4, -0.2) is 28.6 Å². The number of nitrogens with zero attached hydrogens (tertiary/aromatic N) is 2. The van der Waals surface area contributed by atoms with Crippen molar-refractivity contribution in [3.63, 3.8) is 0 Å². The number of H-pyrrole nitrogens is 1. The molecule has 2 rings (SSSR count). The molecule has 0 saturated carbocycles. The summed E-state index contributed by atoms with van der Waals surface area (Å²) in [5.41, 5.74) is 5.88. The van der Waals surface area contributed by atoms with Gasteiger partial charge in [-0.3, -0.25) is 4.79 Å². The Labute approximate surface area is 107 Å². The van der Waals surface area contributed by atoms with Gasteiger partial charge in [-0.1, -0.05) is 13.8 Å². The van der Waals surface area contributed by atoms with E-state index in [1.165, 1.54) is 0 Å². The summed E-state index contributed by atoms with van der Waals surface area (Å²) in [4.78, 5) is 21.2. The molecule has 18 heavy (non-hydrogen) atoms. The van der Waals surface area contributed by atoms with Crippen LogP contribution in [0.15, 0.2) is 10.9 Å². The van der Waals surface area contributed by atoms with E-state index < -0.39 is 0 Å². The largest absolute Gasteiger partial charge is 0.354 e. The standard InChI is InChI=1S/C13H22N4O/c1-8(2)13-15-11(7-12(18)16-13)17-5-4-10(14)6-9(17)3/h7-10H,4-6,14H2,1-3H3,(H,15,16,18). The van der Waals surface area contributed by atoms with Crippen LogP contribution in [0, 0.1) is 0 Å². The number of anilines is 1. The predicted molar refractivity (Wildman–Crippen MR) is 73.0 cm³/mol. The highest BCUT2D eigenvalue weighted by Crippen LogP contribution is 2.22. The maximum absolute atomic E-state index is 11.7. The van der Waals surface area contributed by atoms with Crippen LogP contribution in [-0.2, 0) is 0 Å². The molecule has 2 heterocycles. The van der Waals surface area contributed by atoms with Crippen molar-refractivity contribution in [2.75, 3.05) is 11.4 Å². The lowest BCUT2D eigenvalue weighted by Gasteiger charge is -2.37. The lowest BCUT2D eigenvalue weighted by atomic mass is 9.99. The second-order valence-electron chi connectivity index (χ2n) is 5.47. The number of hydrogen-bond donors (Lipinski definition) is 2. The van der Waals surface area contributed by atoms with Crippen LogP contribution in [0.3, 0.4) is 0 Å². The van der Waals surface area contributed by atoms with E-state index in [1.54, 1.807) is 6.07 Å². The van der Waals surface area contributed by atoms with Crippen molar-refractivity contribution in [2.24, 2.45) is 5.73 Å². The molecular weight excluding hydrogens is 228 g/mol. The van der Waals surface area contributed by atoms with E-state index in [0.717, 1.165) is 31.0 Å². The number of nitrogens with two attached hydrogens (primary N) is 1. The topological polar surface area (TPSA) is 75.0 Å². The number of hydrogen-bond acceptors (Lipinski definition) is 4. The SMILES string of the molecule is CC(C)c1nc(N2CCC(N)CC2C)cc(=O)[nH]1. The molecule has 0 amide bonds. The molecule has 1 saturated heterocycles. The maximum Gasteiger partial charge on any atom is 0.252 e. The molecule has 0 radical (unpaired) electrons. The zero-order valence-electron chi connectivity index (χ0n) is 11.3. The summed E-state index contributed by atoms with van der Waals surface area (Å²) in [6.45, 7) is 7.06. The molecule has 1 aliphatic heterocycles. The van der Waals surface area contributed by atoms with Crippen LogP contribution >= 0.6 is 0 Å². The quantitative estimate of drug-likeness (QED) is 0.827. The second kappa shape index (κ2) is 5.10. The first-order valence-corrected chi connectivity index (χ1v) is 6.61. The minimum absolute atomic E-state index is 0.0780. The van der Waals surface area contributed by atoms with Crippen LogP contribution in [0.1, 0.15) is 45.4 Å². The van der Waals surface area contributed by atoms with Gasteiger partial charge < -0.3 is 15.6 Å². The van der Waals surface area contributed by atoms with Gasteiger partial charge >= 0.3 is 0 Å². The second-order valence-corrected chi connectivity index (χ2v) is 5.47. The Morgan fingerprint density at radius 1 is 1.56 bits per heavy atom. The molecule has 2 unspecified atom stereocenters. The molecule has 5 nitrogen and oxygen atoms in total. The Balaban J connectivity index is 2.30. The fourth-order valence-electron chi connectivity index (χ4n) is 2.43. The van der Waals surface area contributed by atoms with Crippen molar-refractivity contribution in [1.82, 2.24) is 9.97 Å². The molecule has 0 bridgehead atoms. The first-order chi connectivity index (χ1) is 8.47. The monoisotopic (exact) mass is 250 g/mol. The van der Waals surface area contributed by atoms with Gasteiger partial charge in [-0.25, -0.2) is 4.98 Å². The molecule has 1 aromatic heterocycles. The molecule has 100 valence electrons. The fraction of sp³-hybridized carbons (Fsp3) is 0.692. The molecule has 0 spiro atoms. The third-order valence-electron chi connectivity index (χ3n) is 3.50. The van der Waals surface area contributed by atoms with E-state index in [0.29, 0.717) is 6.04 Å². The molecule has 2 atom stereocenters. The average Bonchev–Trinajstić information content (AvgIpc) is 2.27. The van der Waals surface area contributed by atoms with Crippen LogP contribution in [0.4, 0.5) is 5.82 Å². The van der Waals surface area contributed by atoms with Crippen molar-refractivity contribution < 1.29 is 0 Å². The Kier molecular flexibility index (Phi) is 3.71. The molecule has 1 aliphatic rings. The average molecular weight is 250 g/mol. The van der Waals surface area contributed by atoms with Crippen LogP contribution < -0.4 is 16.2 Å². The van der Waals surface area contributed by atoms with Gasteiger partial charge in [0.25, 0.3) is 5.56 Å². The highest BCUT2D eigenvalue weighted by molar-refractivity contribution is 5.39. The number of aromatic nitrogens is 2. The minimum atomic E-state index is -0.0780. The Bertz CT molecular complexity index is 468. The third-order valence-corrected chi connectivity index (χ3v) is 3.50. The van der Waals surface area contributed by atoms with Crippen LogP contribution in [0.2, 0.25) is 0 Å². The molecule has 1 aromatic rings. The van der Waals surface area contributed by atoms with Gasteiger partial charge in [0.05, 0.1) is 0 Å². The Morgan fingerprint density at radius 2 is 2.28 bits per heavy atom. The van der Waals surface area contributed by atoms with Crippen molar-refractivity contribution in [2.45, 2.75) is 51.6 Å². The first kappa shape index (κ1) is 13.1. The normalized spacial score (nSPS) is 24.6. The van der Waals surface area contributed by atoms with Crippen molar-refractivity contribution in [3.8, 4) is 0 Å². The van der Waals surface area contributed by atoms with Gasteiger partial charge in [0.2, 0.25) is 0 Å². The molecule has 0 aromatic carbocycles. The Morgan fingerprint density at radius 3 is 2.89 bits per heavy atom. The van der Waals surface area contributed by atoms with Gasteiger partial charge in [0.15, 0.2) is 0 Å². The lowest BCUT2D eigenvalue weighted by molar-refractivity contribution is 0.426. The predicted octanol–water partition coefficient (Wildman–Crippen LogP) is 1.21. The summed E-state index contributed by atoms with van der Waals surface area (Å²) in [5.74, 6) is 1.75. The Hall–Kier alpha value is -1.36. The van der Waals surface area contributed by atoms with E-state index in [4.69, 9.17) is 5.73 Å². The summed E-state index contributed by atoms with van der Waals surface area (Å²) >= 11 is 0. The van der Waals surface area contributed by atoms with E-state index in [2.05, 4.69) is 21.8 Å². The lowest BCUT2D eigenvalue weighted by Crippen LogP contribution is -2.46. The van der Waals surface area contributed by atoms with E-state index in [9.17, 15) is 4.79 Å². The van der Waals surface area contributed by atoms with Gasteiger partial charge in [0, 0.05) is 30.6 Å². The van der Waals surface area contributed by atoms with E-state index >= 15 is 0 Å². The summed E-state index contributed by atoms with van der Waals surface area (Å²) in [7, 11) is 0. The van der Waals surface area contributed by atoms with Crippen molar-refractivity contribution in [3.05, 3.63) is 22.2 Å². The summed E-state index contributed by atoms with van der Waals surface area (Å²) < 4.78 is 0. The van der Waals surface area contributed by atoms with Gasteiger partial charge in [-0.05, 0) is 19.8 Å². The van der Waals surface area contributed by atoms with Crippen LogP contribution in [0.25, 0.3) is 0 Å². The molecule has 3 N–H and O–H groups in total. The maximum atomic E-state index is 11.7. The zero-order valence-corrected chi connectivity index (χ0v) is 11.3. The van der Waals surface area contributed by atoms with E-state index in [1.807, 2.05) is 13.8 Å². The van der Waals surface area contributed by atoms with Crippen LogP contribution in [0.5, 0.6) is 0 Å². The van der Waals surface area contributed by atoms with Crippen molar-refractivity contribution in [1.29, 1.82) is 0 Å². The van der Waals surface area contributed by atoms with Gasteiger partial charge in [-0.15, -0.1) is 0 Å². The zero-order chi connectivity index (χ0) is 13.3. The number of aromatic amines is 1. The summed E-state index contributed by atoms with van der Waals surface area (Å²) in [6.07, 6.45) is 1.90. The fourth-order valence-corrected chi connectivity index (χ4v) is 2.43. The molecule has 0 aliphatic carbocycles.